The van der Waals surface area contributed by atoms with E-state index in [1.807, 2.05) is 13.8 Å². The Labute approximate surface area is 101 Å². The van der Waals surface area contributed by atoms with E-state index in [1.54, 1.807) is 17.1 Å². The quantitative estimate of drug-likeness (QED) is 0.642. The van der Waals surface area contributed by atoms with E-state index in [9.17, 15) is 8.42 Å². The summed E-state index contributed by atoms with van der Waals surface area (Å²) >= 11 is 0. The lowest BCUT2D eigenvalue weighted by Gasteiger charge is -2.10. The van der Waals surface area contributed by atoms with Crippen LogP contribution in [0.1, 0.15) is 13.8 Å². The molecule has 0 aliphatic carbocycles. The van der Waals surface area contributed by atoms with Crippen molar-refractivity contribution in [3.63, 3.8) is 0 Å². The van der Waals surface area contributed by atoms with Gasteiger partial charge in [0.15, 0.2) is 0 Å². The number of nitrogens with two attached hydrogens (primary N) is 1. The van der Waals surface area contributed by atoms with E-state index in [0.29, 0.717) is 5.69 Å². The molecule has 0 fully saturated rings. The third-order valence-electron chi connectivity index (χ3n) is 2.18. The van der Waals surface area contributed by atoms with Gasteiger partial charge in [0.1, 0.15) is 0 Å². The van der Waals surface area contributed by atoms with E-state index in [-0.39, 0.29) is 4.90 Å². The molecule has 6 nitrogen and oxygen atoms in total. The minimum absolute atomic E-state index is 0.0688. The van der Waals surface area contributed by atoms with Gasteiger partial charge in [-0.2, -0.15) is 0 Å². The van der Waals surface area contributed by atoms with Crippen molar-refractivity contribution in [1.82, 2.24) is 5.01 Å². The highest BCUT2D eigenvalue weighted by Gasteiger charge is 2.06. The van der Waals surface area contributed by atoms with Crippen molar-refractivity contribution >= 4 is 15.7 Å². The monoisotopic (exact) mass is 256 g/mol. The first kappa shape index (κ1) is 13.6. The molecule has 0 atom stereocenters. The van der Waals surface area contributed by atoms with Crippen molar-refractivity contribution in [2.75, 3.05) is 13.1 Å². The van der Waals surface area contributed by atoms with Crippen LogP contribution in [0.5, 0.6) is 0 Å². The maximum atomic E-state index is 11.0. The number of benzene rings is 1. The molecule has 0 spiro atoms. The molecule has 17 heavy (non-hydrogen) atoms. The SMILES string of the molecule is CCN(CC)N=Nc1ccc(S(N)(=O)=O)cc1. The number of nitrogens with zero attached hydrogens (tertiary/aromatic N) is 3. The van der Waals surface area contributed by atoms with Crippen LogP contribution >= 0.6 is 0 Å². The fraction of sp³-hybridized carbons (Fsp3) is 0.400. The average molecular weight is 256 g/mol. The second kappa shape index (κ2) is 5.74. The normalized spacial score (nSPS) is 11.9. The van der Waals surface area contributed by atoms with Crippen LogP contribution in [-0.2, 0) is 10.0 Å². The Morgan fingerprint density at radius 3 is 2.12 bits per heavy atom. The number of hydrogen-bond donors (Lipinski definition) is 1. The summed E-state index contributed by atoms with van der Waals surface area (Å²) in [4.78, 5) is 0.0688. The van der Waals surface area contributed by atoms with Gasteiger partial charge in [-0.3, -0.25) is 5.01 Å². The summed E-state index contributed by atoms with van der Waals surface area (Å²) < 4.78 is 22.0. The number of sulfonamides is 1. The molecule has 0 saturated carbocycles. The van der Waals surface area contributed by atoms with Crippen molar-refractivity contribution in [3.05, 3.63) is 24.3 Å². The maximum absolute atomic E-state index is 11.0. The largest absolute Gasteiger partial charge is 0.279 e. The van der Waals surface area contributed by atoms with Gasteiger partial charge in [-0.25, -0.2) is 13.6 Å². The molecule has 1 aromatic carbocycles. The van der Waals surface area contributed by atoms with Crippen molar-refractivity contribution in [1.29, 1.82) is 0 Å². The summed E-state index contributed by atoms with van der Waals surface area (Å²) in [7, 11) is -3.64. The van der Waals surface area contributed by atoms with Gasteiger partial charge in [0, 0.05) is 13.1 Å². The molecular formula is C10H16N4O2S. The minimum atomic E-state index is -3.64. The van der Waals surface area contributed by atoms with Gasteiger partial charge in [0.2, 0.25) is 10.0 Å². The third-order valence-corrected chi connectivity index (χ3v) is 3.11. The molecule has 94 valence electrons. The molecule has 0 aromatic heterocycles. The lowest BCUT2D eigenvalue weighted by molar-refractivity contribution is 0.300. The standard InChI is InChI=1S/C10H16N4O2S/c1-3-14(4-2)13-12-9-5-7-10(8-6-9)17(11,15)16/h5-8H,3-4H2,1-2H3,(H2,11,15,16). The zero-order chi connectivity index (χ0) is 12.9. The van der Waals surface area contributed by atoms with Crippen LogP contribution in [0.2, 0.25) is 0 Å². The summed E-state index contributed by atoms with van der Waals surface area (Å²) in [5.74, 6) is 0. The topological polar surface area (TPSA) is 88.1 Å². The minimum Gasteiger partial charge on any atom is -0.279 e. The summed E-state index contributed by atoms with van der Waals surface area (Å²) in [6, 6.07) is 5.94. The zero-order valence-corrected chi connectivity index (χ0v) is 10.7. The van der Waals surface area contributed by atoms with Gasteiger partial charge in [-0.05, 0) is 38.1 Å². The Kier molecular flexibility index (Phi) is 4.59. The Morgan fingerprint density at radius 1 is 1.18 bits per heavy atom. The van der Waals surface area contributed by atoms with Crippen LogP contribution in [-0.4, -0.2) is 26.5 Å². The van der Waals surface area contributed by atoms with Crippen LogP contribution in [0.3, 0.4) is 0 Å². The van der Waals surface area contributed by atoms with Crippen LogP contribution in [0.15, 0.2) is 39.5 Å². The Bertz CT molecular complexity index is 478. The lowest BCUT2D eigenvalue weighted by Crippen LogP contribution is -2.14. The summed E-state index contributed by atoms with van der Waals surface area (Å²) in [6.07, 6.45) is 0. The molecule has 0 heterocycles. The van der Waals surface area contributed by atoms with Gasteiger partial charge in [-0.1, -0.05) is 5.22 Å². The van der Waals surface area contributed by atoms with Crippen LogP contribution in [0.25, 0.3) is 0 Å². The summed E-state index contributed by atoms with van der Waals surface area (Å²) in [5, 5.41) is 14.8. The Morgan fingerprint density at radius 2 is 1.71 bits per heavy atom. The predicted molar refractivity (Wildman–Crippen MR) is 65.3 cm³/mol. The molecule has 1 rings (SSSR count). The first-order chi connectivity index (χ1) is 7.97. The van der Waals surface area contributed by atoms with Gasteiger partial charge in [-0.15, -0.1) is 5.11 Å². The molecule has 0 saturated heterocycles. The number of rotatable bonds is 5. The van der Waals surface area contributed by atoms with Crippen LogP contribution < -0.4 is 5.14 Å². The predicted octanol–water partition coefficient (Wildman–Crippen LogP) is 1.67. The summed E-state index contributed by atoms with van der Waals surface area (Å²) in [6.45, 7) is 5.50. The van der Waals surface area contributed by atoms with Crippen LogP contribution in [0.4, 0.5) is 5.69 Å². The second-order valence-electron chi connectivity index (χ2n) is 3.37. The Hall–Kier alpha value is -1.47. The molecule has 2 N–H and O–H groups in total. The second-order valence-corrected chi connectivity index (χ2v) is 4.93. The maximum Gasteiger partial charge on any atom is 0.238 e. The van der Waals surface area contributed by atoms with E-state index < -0.39 is 10.0 Å². The van der Waals surface area contributed by atoms with Gasteiger partial charge < -0.3 is 0 Å². The average Bonchev–Trinajstić information content (AvgIpc) is 2.30. The van der Waals surface area contributed by atoms with Gasteiger partial charge in [0.05, 0.1) is 10.6 Å². The van der Waals surface area contributed by atoms with E-state index in [0.717, 1.165) is 13.1 Å². The lowest BCUT2D eigenvalue weighted by atomic mass is 10.3. The smallest absolute Gasteiger partial charge is 0.238 e. The fourth-order valence-electron chi connectivity index (χ4n) is 1.17. The van der Waals surface area contributed by atoms with Crippen LogP contribution in [0, 0.1) is 0 Å². The van der Waals surface area contributed by atoms with E-state index in [2.05, 4.69) is 10.3 Å². The Balaban J connectivity index is 2.82. The molecular weight excluding hydrogens is 240 g/mol. The van der Waals surface area contributed by atoms with Crippen molar-refractivity contribution in [3.8, 4) is 0 Å². The number of hydrogen-bond acceptors (Lipinski definition) is 4. The molecule has 7 heteroatoms. The summed E-state index contributed by atoms with van der Waals surface area (Å²) in [5.41, 5.74) is 0.587. The third kappa shape index (κ3) is 4.12. The highest BCUT2D eigenvalue weighted by atomic mass is 32.2. The molecule has 0 radical (unpaired) electrons. The molecule has 0 aliphatic heterocycles. The van der Waals surface area contributed by atoms with E-state index in [4.69, 9.17) is 5.14 Å². The van der Waals surface area contributed by atoms with Crippen molar-refractivity contribution in [2.45, 2.75) is 18.7 Å². The molecule has 0 unspecified atom stereocenters. The fourth-order valence-corrected chi connectivity index (χ4v) is 1.68. The van der Waals surface area contributed by atoms with Crippen molar-refractivity contribution < 1.29 is 8.42 Å². The highest BCUT2D eigenvalue weighted by Crippen LogP contribution is 2.16. The molecule has 0 amide bonds. The van der Waals surface area contributed by atoms with Crippen molar-refractivity contribution in [2.24, 2.45) is 15.5 Å². The van der Waals surface area contributed by atoms with Gasteiger partial charge in [0.25, 0.3) is 0 Å². The zero-order valence-electron chi connectivity index (χ0n) is 9.87. The van der Waals surface area contributed by atoms with Gasteiger partial charge >= 0.3 is 0 Å². The number of primary sulfonamides is 1. The van der Waals surface area contributed by atoms with E-state index >= 15 is 0 Å². The molecule has 0 bridgehead atoms. The first-order valence-electron chi connectivity index (χ1n) is 5.26. The van der Waals surface area contributed by atoms with E-state index in [1.165, 1.54) is 12.1 Å². The molecule has 0 aliphatic rings. The first-order valence-corrected chi connectivity index (χ1v) is 6.81. The molecule has 1 aromatic rings. The highest BCUT2D eigenvalue weighted by molar-refractivity contribution is 7.89.